The van der Waals surface area contributed by atoms with Gasteiger partial charge in [0.25, 0.3) is 5.69 Å². The molecule has 0 aliphatic heterocycles. The van der Waals surface area contributed by atoms with E-state index in [0.717, 1.165) is 6.20 Å². The lowest BCUT2D eigenvalue weighted by atomic mass is 10.2. The first-order valence-corrected chi connectivity index (χ1v) is 4.46. The van der Waals surface area contributed by atoms with Crippen molar-refractivity contribution in [2.45, 2.75) is 0 Å². The zero-order chi connectivity index (χ0) is 9.84. The molecule has 0 fully saturated rings. The molecule has 1 aromatic heterocycles. The number of alkyl halides is 1. The predicted octanol–water partition coefficient (Wildman–Crippen LogP) is 1.57. The van der Waals surface area contributed by atoms with Crippen LogP contribution in [0.15, 0.2) is 18.5 Å². The normalized spacial score (nSPS) is 9.62. The second-order valence-corrected chi connectivity index (χ2v) is 2.77. The molecule has 0 aliphatic rings. The van der Waals surface area contributed by atoms with Crippen LogP contribution in [0.1, 0.15) is 10.4 Å². The van der Waals surface area contributed by atoms with Crippen LogP contribution in [0.25, 0.3) is 0 Å². The van der Waals surface area contributed by atoms with Gasteiger partial charge in [-0.2, -0.15) is 0 Å². The van der Waals surface area contributed by atoms with E-state index in [-0.39, 0.29) is 22.4 Å². The molecule has 6 heteroatoms. The number of carbonyl (C=O) groups is 1. The van der Waals surface area contributed by atoms with Gasteiger partial charge in [-0.1, -0.05) is 15.9 Å². The third kappa shape index (κ3) is 2.09. The summed E-state index contributed by atoms with van der Waals surface area (Å²) in [4.78, 5) is 24.6. The molecular formula is C7H5BrN2O3. The molecule has 0 aliphatic carbocycles. The topological polar surface area (TPSA) is 73.1 Å². The van der Waals surface area contributed by atoms with Crippen molar-refractivity contribution in [3.8, 4) is 0 Å². The third-order valence-corrected chi connectivity index (χ3v) is 1.93. The van der Waals surface area contributed by atoms with Crippen molar-refractivity contribution in [2.75, 3.05) is 5.33 Å². The molecule has 0 bridgehead atoms. The van der Waals surface area contributed by atoms with E-state index in [1.165, 1.54) is 12.3 Å². The summed E-state index contributed by atoms with van der Waals surface area (Å²) in [6.45, 7) is 0. The van der Waals surface area contributed by atoms with Gasteiger partial charge in [-0.15, -0.1) is 0 Å². The van der Waals surface area contributed by atoms with Crippen molar-refractivity contribution < 1.29 is 9.72 Å². The van der Waals surface area contributed by atoms with Crippen LogP contribution in [0.5, 0.6) is 0 Å². The molecule has 0 saturated carbocycles. The molecule has 1 rings (SSSR count). The highest BCUT2D eigenvalue weighted by molar-refractivity contribution is 9.09. The number of pyridine rings is 1. The molecule has 1 aromatic rings. The van der Waals surface area contributed by atoms with E-state index in [0.29, 0.717) is 0 Å². The van der Waals surface area contributed by atoms with Crippen molar-refractivity contribution in [3.05, 3.63) is 34.1 Å². The molecule has 0 atom stereocenters. The molecule has 0 radical (unpaired) electrons. The highest BCUT2D eigenvalue weighted by atomic mass is 79.9. The van der Waals surface area contributed by atoms with Crippen LogP contribution in [-0.4, -0.2) is 21.0 Å². The lowest BCUT2D eigenvalue weighted by Crippen LogP contribution is -2.04. The second kappa shape index (κ2) is 4.08. The molecule has 0 spiro atoms. The van der Waals surface area contributed by atoms with E-state index >= 15 is 0 Å². The fourth-order valence-corrected chi connectivity index (χ4v) is 1.14. The zero-order valence-corrected chi connectivity index (χ0v) is 8.02. The molecule has 0 saturated heterocycles. The number of nitro groups is 1. The minimum absolute atomic E-state index is 0.0673. The number of Topliss-reactive ketones (excluding diaryl/α,β-unsaturated/α-hetero) is 1. The summed E-state index contributed by atoms with van der Waals surface area (Å²) in [6.07, 6.45) is 2.42. The van der Waals surface area contributed by atoms with Crippen LogP contribution in [0.4, 0.5) is 5.69 Å². The number of hydrogen-bond acceptors (Lipinski definition) is 4. The van der Waals surface area contributed by atoms with Crippen LogP contribution in [0.3, 0.4) is 0 Å². The van der Waals surface area contributed by atoms with Gasteiger partial charge in [0.05, 0.1) is 15.8 Å². The van der Waals surface area contributed by atoms with Gasteiger partial charge >= 0.3 is 0 Å². The average molecular weight is 245 g/mol. The number of ketones is 1. The van der Waals surface area contributed by atoms with Gasteiger partial charge in [0.15, 0.2) is 5.78 Å². The van der Waals surface area contributed by atoms with E-state index in [1.807, 2.05) is 0 Å². The Bertz CT molecular complexity index is 353. The lowest BCUT2D eigenvalue weighted by Gasteiger charge is -1.97. The van der Waals surface area contributed by atoms with Crippen LogP contribution < -0.4 is 0 Å². The Kier molecular flexibility index (Phi) is 3.07. The minimum atomic E-state index is -0.622. The Hall–Kier alpha value is -1.30. The van der Waals surface area contributed by atoms with Gasteiger partial charge in [0.1, 0.15) is 6.20 Å². The second-order valence-electron chi connectivity index (χ2n) is 2.21. The summed E-state index contributed by atoms with van der Waals surface area (Å²) < 4.78 is 0. The molecule has 0 amide bonds. The highest BCUT2D eigenvalue weighted by Gasteiger charge is 2.18. The Balaban J connectivity index is 3.19. The maximum Gasteiger partial charge on any atom is 0.298 e. The molecule has 0 unspecified atom stereocenters. The number of aromatic nitrogens is 1. The first-order chi connectivity index (χ1) is 6.16. The number of nitrogens with zero attached hydrogens (tertiary/aromatic N) is 2. The van der Waals surface area contributed by atoms with E-state index in [9.17, 15) is 14.9 Å². The molecule has 0 N–H and O–H groups in total. The zero-order valence-electron chi connectivity index (χ0n) is 6.44. The van der Waals surface area contributed by atoms with Crippen LogP contribution in [0.2, 0.25) is 0 Å². The first kappa shape index (κ1) is 9.79. The summed E-state index contributed by atoms with van der Waals surface area (Å²) in [7, 11) is 0. The van der Waals surface area contributed by atoms with Crippen LogP contribution >= 0.6 is 15.9 Å². The SMILES string of the molecule is O=C(CBr)c1ccncc1[N+](=O)[O-]. The monoisotopic (exact) mass is 244 g/mol. The molecule has 13 heavy (non-hydrogen) atoms. The molecule has 68 valence electrons. The minimum Gasteiger partial charge on any atom is -0.293 e. The summed E-state index contributed by atoms with van der Waals surface area (Å²) in [5.74, 6) is -0.325. The molecule has 0 aromatic carbocycles. The molecule has 5 nitrogen and oxygen atoms in total. The van der Waals surface area contributed by atoms with E-state index in [1.54, 1.807) is 0 Å². The Morgan fingerprint density at radius 1 is 1.69 bits per heavy atom. The van der Waals surface area contributed by atoms with E-state index in [4.69, 9.17) is 0 Å². The molecular weight excluding hydrogens is 240 g/mol. The number of hydrogen-bond donors (Lipinski definition) is 0. The van der Waals surface area contributed by atoms with Crippen molar-refractivity contribution in [2.24, 2.45) is 0 Å². The average Bonchev–Trinajstić information content (AvgIpc) is 2.16. The van der Waals surface area contributed by atoms with Gasteiger partial charge in [0.2, 0.25) is 0 Å². The smallest absolute Gasteiger partial charge is 0.293 e. The first-order valence-electron chi connectivity index (χ1n) is 3.34. The van der Waals surface area contributed by atoms with Crippen molar-refractivity contribution in [3.63, 3.8) is 0 Å². The fourth-order valence-electron chi connectivity index (χ4n) is 0.839. The van der Waals surface area contributed by atoms with Crippen molar-refractivity contribution >= 4 is 27.4 Å². The van der Waals surface area contributed by atoms with Crippen molar-refractivity contribution in [1.29, 1.82) is 0 Å². The summed E-state index contributed by atoms with van der Waals surface area (Å²) >= 11 is 2.94. The lowest BCUT2D eigenvalue weighted by molar-refractivity contribution is -0.385. The predicted molar refractivity (Wildman–Crippen MR) is 49.0 cm³/mol. The standard InChI is InChI=1S/C7H5BrN2O3/c8-3-7(11)5-1-2-9-4-6(5)10(12)13/h1-2,4H,3H2. The third-order valence-electron chi connectivity index (χ3n) is 1.42. The summed E-state index contributed by atoms with van der Waals surface area (Å²) in [5.41, 5.74) is -0.177. The van der Waals surface area contributed by atoms with Gasteiger partial charge in [0, 0.05) is 6.20 Å². The number of carbonyl (C=O) groups excluding carboxylic acids is 1. The number of rotatable bonds is 3. The largest absolute Gasteiger partial charge is 0.298 e. The maximum atomic E-state index is 11.2. The van der Waals surface area contributed by atoms with Gasteiger partial charge in [-0.05, 0) is 6.07 Å². The summed E-state index contributed by atoms with van der Waals surface area (Å²) in [6, 6.07) is 1.34. The van der Waals surface area contributed by atoms with E-state index in [2.05, 4.69) is 20.9 Å². The quantitative estimate of drug-likeness (QED) is 0.350. The Morgan fingerprint density at radius 2 is 2.38 bits per heavy atom. The fraction of sp³-hybridized carbons (Fsp3) is 0.143. The number of halogens is 1. The van der Waals surface area contributed by atoms with Gasteiger partial charge in [-0.25, -0.2) is 0 Å². The van der Waals surface area contributed by atoms with Crippen molar-refractivity contribution in [1.82, 2.24) is 4.98 Å². The Morgan fingerprint density at radius 3 is 2.92 bits per heavy atom. The molecule has 1 heterocycles. The van der Waals surface area contributed by atoms with E-state index < -0.39 is 4.92 Å². The Labute approximate surface area is 82.1 Å². The maximum absolute atomic E-state index is 11.2. The van der Waals surface area contributed by atoms with Crippen LogP contribution in [0, 0.1) is 10.1 Å². The summed E-state index contributed by atoms with van der Waals surface area (Å²) in [5, 5.41) is 10.5. The van der Waals surface area contributed by atoms with Gasteiger partial charge < -0.3 is 0 Å². The van der Waals surface area contributed by atoms with Crippen LogP contribution in [-0.2, 0) is 0 Å². The van der Waals surface area contributed by atoms with Gasteiger partial charge in [-0.3, -0.25) is 19.9 Å². The highest BCUT2D eigenvalue weighted by Crippen LogP contribution is 2.17.